The second-order valence-corrected chi connectivity index (χ2v) is 6.98. The highest BCUT2D eigenvalue weighted by molar-refractivity contribution is 7.09. The molecular weight excluding hydrogens is 404 g/mol. The SMILES string of the molecule is COc1cc(OC)cc(N2CCC(NC(=O)c3csc(CCN)n3)C2=O)c1.Cl. The average Bonchev–Trinajstić information content (AvgIpc) is 3.29. The fraction of sp³-hybridized carbons (Fsp3) is 0.389. The number of halogens is 1. The topological polar surface area (TPSA) is 107 Å². The lowest BCUT2D eigenvalue weighted by Crippen LogP contribution is -2.41. The molecule has 10 heteroatoms. The number of rotatable bonds is 7. The monoisotopic (exact) mass is 426 g/mol. The summed E-state index contributed by atoms with van der Waals surface area (Å²) in [5.74, 6) is 0.674. The lowest BCUT2D eigenvalue weighted by atomic mass is 10.2. The maximum atomic E-state index is 12.8. The summed E-state index contributed by atoms with van der Waals surface area (Å²) in [5, 5.41) is 5.27. The minimum Gasteiger partial charge on any atom is -0.497 e. The van der Waals surface area contributed by atoms with Crippen molar-refractivity contribution in [2.24, 2.45) is 5.73 Å². The molecule has 1 aliphatic heterocycles. The summed E-state index contributed by atoms with van der Waals surface area (Å²) in [6, 6.07) is 4.69. The van der Waals surface area contributed by atoms with Crippen molar-refractivity contribution in [1.82, 2.24) is 10.3 Å². The first-order chi connectivity index (χ1) is 13.0. The number of nitrogens with one attached hydrogen (secondary N) is 1. The molecule has 1 saturated heterocycles. The molecule has 3 rings (SSSR count). The average molecular weight is 427 g/mol. The lowest BCUT2D eigenvalue weighted by molar-refractivity contribution is -0.118. The Morgan fingerprint density at radius 3 is 2.61 bits per heavy atom. The van der Waals surface area contributed by atoms with Gasteiger partial charge in [-0.05, 0) is 13.0 Å². The summed E-state index contributed by atoms with van der Waals surface area (Å²) in [4.78, 5) is 31.1. The van der Waals surface area contributed by atoms with Gasteiger partial charge in [-0.15, -0.1) is 23.7 Å². The molecule has 2 amide bonds. The van der Waals surface area contributed by atoms with Gasteiger partial charge in [0.2, 0.25) is 5.91 Å². The molecule has 0 spiro atoms. The van der Waals surface area contributed by atoms with E-state index in [9.17, 15) is 9.59 Å². The summed E-state index contributed by atoms with van der Waals surface area (Å²) >= 11 is 1.39. The van der Waals surface area contributed by atoms with Crippen LogP contribution in [-0.2, 0) is 11.2 Å². The van der Waals surface area contributed by atoms with Gasteiger partial charge in [-0.2, -0.15) is 0 Å². The van der Waals surface area contributed by atoms with Gasteiger partial charge in [0.15, 0.2) is 0 Å². The van der Waals surface area contributed by atoms with Crippen molar-refractivity contribution in [2.45, 2.75) is 18.9 Å². The van der Waals surface area contributed by atoms with Crippen LogP contribution in [0.25, 0.3) is 0 Å². The van der Waals surface area contributed by atoms with Crippen molar-refractivity contribution < 1.29 is 19.1 Å². The summed E-state index contributed by atoms with van der Waals surface area (Å²) in [7, 11) is 3.11. The number of ether oxygens (including phenoxy) is 2. The first kappa shape index (κ1) is 21.9. The molecule has 152 valence electrons. The van der Waals surface area contributed by atoms with Crippen LogP contribution in [0.2, 0.25) is 0 Å². The van der Waals surface area contributed by atoms with Gasteiger partial charge in [0.1, 0.15) is 23.2 Å². The van der Waals surface area contributed by atoms with Crippen LogP contribution < -0.4 is 25.4 Å². The van der Waals surface area contributed by atoms with Crippen LogP contribution in [0, 0.1) is 0 Å². The molecule has 28 heavy (non-hydrogen) atoms. The van der Waals surface area contributed by atoms with Crippen molar-refractivity contribution in [3.05, 3.63) is 34.3 Å². The number of hydrogen-bond donors (Lipinski definition) is 2. The van der Waals surface area contributed by atoms with E-state index < -0.39 is 6.04 Å². The molecular formula is C18H23ClN4O4S. The van der Waals surface area contributed by atoms with E-state index >= 15 is 0 Å². The van der Waals surface area contributed by atoms with E-state index in [4.69, 9.17) is 15.2 Å². The number of carbonyl (C=O) groups is 2. The molecule has 8 nitrogen and oxygen atoms in total. The van der Waals surface area contributed by atoms with Crippen LogP contribution in [-0.4, -0.2) is 50.1 Å². The van der Waals surface area contributed by atoms with Crippen molar-refractivity contribution >= 4 is 41.2 Å². The fourth-order valence-corrected chi connectivity index (χ4v) is 3.70. The second kappa shape index (κ2) is 9.72. The van der Waals surface area contributed by atoms with Crippen molar-refractivity contribution in [3.8, 4) is 11.5 Å². The Balaban J connectivity index is 0.00000280. The van der Waals surface area contributed by atoms with Crippen LogP contribution in [0.4, 0.5) is 5.69 Å². The third-order valence-corrected chi connectivity index (χ3v) is 5.21. The third kappa shape index (κ3) is 4.73. The predicted octanol–water partition coefficient (Wildman–Crippen LogP) is 1.62. The van der Waals surface area contributed by atoms with Gasteiger partial charge in [-0.1, -0.05) is 0 Å². The number of thiazole rings is 1. The van der Waals surface area contributed by atoms with Gasteiger partial charge in [-0.3, -0.25) is 9.59 Å². The van der Waals surface area contributed by atoms with Gasteiger partial charge < -0.3 is 25.4 Å². The van der Waals surface area contributed by atoms with Crippen LogP contribution in [0.3, 0.4) is 0 Å². The Hall–Kier alpha value is -2.36. The number of hydrogen-bond acceptors (Lipinski definition) is 7. The molecule has 0 aliphatic carbocycles. The van der Waals surface area contributed by atoms with E-state index in [2.05, 4.69) is 10.3 Å². The Kier molecular flexibility index (Phi) is 7.61. The second-order valence-electron chi connectivity index (χ2n) is 6.04. The Bertz CT molecular complexity index is 822. The number of nitrogens with zero attached hydrogens (tertiary/aromatic N) is 2. The fourth-order valence-electron chi connectivity index (χ4n) is 2.90. The molecule has 0 saturated carbocycles. The van der Waals surface area contributed by atoms with E-state index in [1.54, 1.807) is 42.7 Å². The van der Waals surface area contributed by atoms with Gasteiger partial charge in [0, 0.05) is 36.5 Å². The standard InChI is InChI=1S/C18H22N4O4S.ClH/c1-25-12-7-11(8-13(9-12)26-2)22-6-4-14(18(22)24)21-17(23)15-10-27-16(20-15)3-5-19;/h7-10,14H,3-6,19H2,1-2H3,(H,21,23);1H. The number of benzene rings is 1. The maximum Gasteiger partial charge on any atom is 0.271 e. The zero-order chi connectivity index (χ0) is 19.4. The molecule has 1 unspecified atom stereocenters. The van der Waals surface area contributed by atoms with Crippen molar-refractivity contribution in [3.63, 3.8) is 0 Å². The molecule has 1 fully saturated rings. The number of anilines is 1. The molecule has 2 aromatic rings. The highest BCUT2D eigenvalue weighted by atomic mass is 35.5. The number of methoxy groups -OCH3 is 2. The van der Waals surface area contributed by atoms with E-state index in [1.807, 2.05) is 0 Å². The molecule has 1 aromatic heterocycles. The van der Waals surface area contributed by atoms with Crippen LogP contribution >= 0.6 is 23.7 Å². The molecule has 0 radical (unpaired) electrons. The molecule has 1 aliphatic rings. The van der Waals surface area contributed by atoms with Gasteiger partial charge >= 0.3 is 0 Å². The highest BCUT2D eigenvalue weighted by Crippen LogP contribution is 2.31. The van der Waals surface area contributed by atoms with Gasteiger partial charge in [0.05, 0.1) is 24.9 Å². The first-order valence-corrected chi connectivity index (χ1v) is 9.43. The zero-order valence-electron chi connectivity index (χ0n) is 15.6. The van der Waals surface area contributed by atoms with E-state index in [1.165, 1.54) is 11.3 Å². The summed E-state index contributed by atoms with van der Waals surface area (Å²) in [6.07, 6.45) is 1.15. The Morgan fingerprint density at radius 1 is 1.32 bits per heavy atom. The summed E-state index contributed by atoms with van der Waals surface area (Å²) < 4.78 is 10.5. The number of aromatic nitrogens is 1. The summed E-state index contributed by atoms with van der Waals surface area (Å²) in [5.41, 5.74) is 6.50. The van der Waals surface area contributed by atoms with Crippen LogP contribution in [0.5, 0.6) is 11.5 Å². The Morgan fingerprint density at radius 2 is 2.00 bits per heavy atom. The highest BCUT2D eigenvalue weighted by Gasteiger charge is 2.34. The third-order valence-electron chi connectivity index (χ3n) is 4.30. The molecule has 1 aromatic carbocycles. The molecule has 3 N–H and O–H groups in total. The van der Waals surface area contributed by atoms with E-state index in [0.717, 1.165) is 5.01 Å². The minimum absolute atomic E-state index is 0. The normalized spacial score (nSPS) is 15.9. The minimum atomic E-state index is -0.589. The number of carbonyl (C=O) groups excluding carboxylic acids is 2. The summed E-state index contributed by atoms with van der Waals surface area (Å²) in [6.45, 7) is 0.976. The molecule has 2 heterocycles. The van der Waals surface area contributed by atoms with Crippen LogP contribution in [0.1, 0.15) is 21.9 Å². The van der Waals surface area contributed by atoms with Crippen LogP contribution in [0.15, 0.2) is 23.6 Å². The predicted molar refractivity (Wildman–Crippen MR) is 110 cm³/mol. The van der Waals surface area contributed by atoms with Crippen molar-refractivity contribution in [1.29, 1.82) is 0 Å². The molecule has 0 bridgehead atoms. The van der Waals surface area contributed by atoms with E-state index in [-0.39, 0.29) is 24.2 Å². The lowest BCUT2D eigenvalue weighted by Gasteiger charge is -2.19. The quantitative estimate of drug-likeness (QED) is 0.696. The number of nitrogens with two attached hydrogens (primary N) is 1. The van der Waals surface area contributed by atoms with E-state index in [0.29, 0.717) is 48.8 Å². The maximum absolute atomic E-state index is 12.8. The number of amides is 2. The van der Waals surface area contributed by atoms with Crippen molar-refractivity contribution in [2.75, 3.05) is 32.2 Å². The first-order valence-electron chi connectivity index (χ1n) is 8.55. The Labute approximate surface area is 173 Å². The molecule has 1 atom stereocenters. The largest absolute Gasteiger partial charge is 0.497 e. The zero-order valence-corrected chi connectivity index (χ0v) is 17.3. The van der Waals surface area contributed by atoms with Gasteiger partial charge in [-0.25, -0.2) is 4.98 Å². The van der Waals surface area contributed by atoms with Gasteiger partial charge in [0.25, 0.3) is 5.91 Å². The smallest absolute Gasteiger partial charge is 0.271 e.